The molecular weight excluding hydrogens is 238 g/mol. The van der Waals surface area contributed by atoms with Gasteiger partial charge in [0.1, 0.15) is 6.61 Å². The molecule has 0 spiro atoms. The minimum absolute atomic E-state index is 0.152. The largest absolute Gasteiger partial charge is 0.481 e. The average molecular weight is 255 g/mol. The number of carboxylic acids is 1. The van der Waals surface area contributed by atoms with Gasteiger partial charge < -0.3 is 19.9 Å². The van der Waals surface area contributed by atoms with Gasteiger partial charge in [-0.3, -0.25) is 4.79 Å². The van der Waals surface area contributed by atoms with Crippen molar-refractivity contribution < 1.29 is 24.2 Å². The Morgan fingerprint density at radius 1 is 1.50 bits per heavy atom. The standard InChI is InChI=1S/C12H17NO5/c1-2-5-17-10(16)13-7-12-4-3-11(6-12,8-18-12)9(14)15/h2H,1,3-8H2,(H,13,16)(H,14,15). The highest BCUT2D eigenvalue weighted by atomic mass is 16.5. The molecule has 2 aliphatic rings. The number of nitrogens with one attached hydrogen (secondary N) is 1. The number of fused-ring (bicyclic) bond motifs is 2. The summed E-state index contributed by atoms with van der Waals surface area (Å²) in [6.07, 6.45) is 2.66. The van der Waals surface area contributed by atoms with Crippen molar-refractivity contribution >= 4 is 12.1 Å². The third-order valence-corrected chi connectivity index (χ3v) is 3.72. The Bertz CT molecular complexity index is 371. The van der Waals surface area contributed by atoms with Crippen LogP contribution in [0.3, 0.4) is 0 Å². The number of ether oxygens (including phenoxy) is 2. The van der Waals surface area contributed by atoms with E-state index in [0.29, 0.717) is 19.3 Å². The number of carbonyl (C=O) groups excluding carboxylic acids is 1. The van der Waals surface area contributed by atoms with Gasteiger partial charge in [0, 0.05) is 6.54 Å². The molecule has 1 saturated heterocycles. The van der Waals surface area contributed by atoms with E-state index in [9.17, 15) is 14.7 Å². The zero-order valence-electron chi connectivity index (χ0n) is 10.1. The number of aliphatic carboxylic acids is 1. The Balaban J connectivity index is 1.86. The third-order valence-electron chi connectivity index (χ3n) is 3.72. The first-order valence-electron chi connectivity index (χ1n) is 5.91. The van der Waals surface area contributed by atoms with Crippen molar-refractivity contribution in [3.05, 3.63) is 12.7 Å². The molecule has 2 atom stereocenters. The van der Waals surface area contributed by atoms with E-state index in [-0.39, 0.29) is 19.8 Å². The number of hydrogen-bond acceptors (Lipinski definition) is 4. The molecule has 2 bridgehead atoms. The molecule has 6 heteroatoms. The van der Waals surface area contributed by atoms with E-state index in [0.717, 1.165) is 0 Å². The molecule has 2 unspecified atom stereocenters. The molecule has 1 amide bonds. The van der Waals surface area contributed by atoms with Gasteiger partial charge in [-0.05, 0) is 19.3 Å². The minimum atomic E-state index is -0.809. The smallest absolute Gasteiger partial charge is 0.407 e. The molecule has 0 aromatic carbocycles. The first-order valence-corrected chi connectivity index (χ1v) is 5.91. The number of amides is 1. The van der Waals surface area contributed by atoms with Gasteiger partial charge in [0.15, 0.2) is 0 Å². The summed E-state index contributed by atoms with van der Waals surface area (Å²) >= 11 is 0. The molecule has 1 saturated carbocycles. The van der Waals surface area contributed by atoms with Gasteiger partial charge in [-0.25, -0.2) is 4.79 Å². The lowest BCUT2D eigenvalue weighted by Gasteiger charge is -2.27. The maximum absolute atomic E-state index is 11.3. The molecule has 2 N–H and O–H groups in total. The van der Waals surface area contributed by atoms with E-state index >= 15 is 0 Å². The summed E-state index contributed by atoms with van der Waals surface area (Å²) in [4.78, 5) is 22.5. The molecule has 1 aliphatic heterocycles. The Labute approximate surface area is 105 Å². The lowest BCUT2D eigenvalue weighted by atomic mass is 9.88. The van der Waals surface area contributed by atoms with Crippen LogP contribution < -0.4 is 5.32 Å². The van der Waals surface area contributed by atoms with E-state index in [1.807, 2.05) is 0 Å². The number of carbonyl (C=O) groups is 2. The maximum atomic E-state index is 11.3. The van der Waals surface area contributed by atoms with Gasteiger partial charge in [-0.15, -0.1) is 0 Å². The van der Waals surface area contributed by atoms with Crippen LogP contribution in [0.5, 0.6) is 0 Å². The Morgan fingerprint density at radius 3 is 2.78 bits per heavy atom. The summed E-state index contributed by atoms with van der Waals surface area (Å²) in [5.41, 5.74) is -1.29. The third kappa shape index (κ3) is 2.20. The monoisotopic (exact) mass is 255 g/mol. The van der Waals surface area contributed by atoms with Crippen LogP contribution in [0.25, 0.3) is 0 Å². The van der Waals surface area contributed by atoms with E-state index in [2.05, 4.69) is 11.9 Å². The van der Waals surface area contributed by atoms with E-state index < -0.39 is 23.1 Å². The summed E-state index contributed by atoms with van der Waals surface area (Å²) in [6.45, 7) is 4.11. The average Bonchev–Trinajstić information content (AvgIpc) is 2.92. The molecule has 1 aliphatic carbocycles. The predicted molar refractivity (Wildman–Crippen MR) is 62.2 cm³/mol. The molecule has 0 aromatic rings. The highest BCUT2D eigenvalue weighted by molar-refractivity contribution is 5.76. The first kappa shape index (κ1) is 12.9. The van der Waals surface area contributed by atoms with Crippen molar-refractivity contribution in [2.75, 3.05) is 19.8 Å². The number of carboxylic acid groups (broad SMARTS) is 1. The highest BCUT2D eigenvalue weighted by Gasteiger charge is 2.59. The van der Waals surface area contributed by atoms with Crippen LogP contribution in [-0.4, -0.2) is 42.5 Å². The van der Waals surface area contributed by atoms with Crippen LogP contribution in [0.1, 0.15) is 19.3 Å². The topological polar surface area (TPSA) is 84.9 Å². The maximum Gasteiger partial charge on any atom is 0.407 e. The summed E-state index contributed by atoms with van der Waals surface area (Å²) in [6, 6.07) is 0. The molecule has 2 rings (SSSR count). The zero-order valence-corrected chi connectivity index (χ0v) is 10.1. The lowest BCUT2D eigenvalue weighted by Crippen LogP contribution is -2.41. The Hall–Kier alpha value is -1.56. The fourth-order valence-corrected chi connectivity index (χ4v) is 2.66. The Kier molecular flexibility index (Phi) is 3.30. The van der Waals surface area contributed by atoms with Gasteiger partial charge in [0.05, 0.1) is 17.6 Å². The van der Waals surface area contributed by atoms with Crippen molar-refractivity contribution in [3.8, 4) is 0 Å². The lowest BCUT2D eigenvalue weighted by molar-refractivity contribution is -0.150. The summed E-state index contributed by atoms with van der Waals surface area (Å²) in [5.74, 6) is -0.809. The van der Waals surface area contributed by atoms with Crippen molar-refractivity contribution in [2.24, 2.45) is 5.41 Å². The normalized spacial score (nSPS) is 33.1. The van der Waals surface area contributed by atoms with E-state index in [1.165, 1.54) is 6.08 Å². The van der Waals surface area contributed by atoms with Gasteiger partial charge >= 0.3 is 12.1 Å². The van der Waals surface area contributed by atoms with Gasteiger partial charge in [-0.2, -0.15) is 0 Å². The van der Waals surface area contributed by atoms with E-state index in [1.54, 1.807) is 0 Å². The molecule has 100 valence electrons. The number of rotatable bonds is 5. The number of hydrogen-bond donors (Lipinski definition) is 2. The van der Waals surface area contributed by atoms with Crippen LogP contribution >= 0.6 is 0 Å². The van der Waals surface area contributed by atoms with Crippen LogP contribution in [0.2, 0.25) is 0 Å². The first-order chi connectivity index (χ1) is 8.52. The molecule has 6 nitrogen and oxygen atoms in total. The highest BCUT2D eigenvalue weighted by Crippen LogP contribution is 2.52. The quantitative estimate of drug-likeness (QED) is 0.714. The minimum Gasteiger partial charge on any atom is -0.481 e. The zero-order chi connectivity index (χ0) is 13.2. The van der Waals surface area contributed by atoms with Crippen LogP contribution in [0.15, 0.2) is 12.7 Å². The fraction of sp³-hybridized carbons (Fsp3) is 0.667. The molecule has 0 aromatic heterocycles. The predicted octanol–water partition coefficient (Wildman–Crippen LogP) is 0.922. The summed E-state index contributed by atoms with van der Waals surface area (Å²) in [5, 5.41) is 11.8. The fourth-order valence-electron chi connectivity index (χ4n) is 2.66. The van der Waals surface area contributed by atoms with Crippen molar-refractivity contribution in [3.63, 3.8) is 0 Å². The van der Waals surface area contributed by atoms with Gasteiger partial charge in [-0.1, -0.05) is 12.7 Å². The van der Waals surface area contributed by atoms with Crippen LogP contribution in [-0.2, 0) is 14.3 Å². The van der Waals surface area contributed by atoms with Crippen LogP contribution in [0.4, 0.5) is 4.79 Å². The molecular formula is C12H17NO5. The molecule has 2 fully saturated rings. The number of alkyl carbamates (subject to hydrolysis) is 1. The second kappa shape index (κ2) is 4.61. The Morgan fingerprint density at radius 2 is 2.28 bits per heavy atom. The van der Waals surface area contributed by atoms with Crippen molar-refractivity contribution in [1.29, 1.82) is 0 Å². The van der Waals surface area contributed by atoms with Crippen molar-refractivity contribution in [1.82, 2.24) is 5.32 Å². The second-order valence-electron chi connectivity index (χ2n) is 4.97. The summed E-state index contributed by atoms with van der Waals surface area (Å²) in [7, 11) is 0. The SMILES string of the molecule is C=CCOC(=O)NCC12CCC(C(=O)O)(CO1)C2. The molecule has 0 radical (unpaired) electrons. The molecule has 1 heterocycles. The van der Waals surface area contributed by atoms with Crippen LogP contribution in [0, 0.1) is 5.41 Å². The van der Waals surface area contributed by atoms with Crippen molar-refractivity contribution in [2.45, 2.75) is 24.9 Å². The van der Waals surface area contributed by atoms with Gasteiger partial charge in [0.2, 0.25) is 0 Å². The van der Waals surface area contributed by atoms with E-state index in [4.69, 9.17) is 9.47 Å². The molecule has 18 heavy (non-hydrogen) atoms. The summed E-state index contributed by atoms with van der Waals surface area (Å²) < 4.78 is 10.4. The second-order valence-corrected chi connectivity index (χ2v) is 4.97. The van der Waals surface area contributed by atoms with Gasteiger partial charge in [0.25, 0.3) is 0 Å².